The second kappa shape index (κ2) is 8.44. The minimum atomic E-state index is -3.21. The van der Waals surface area contributed by atoms with Crippen LogP contribution in [0.15, 0.2) is 57.9 Å². The number of nitrogens with one attached hydrogen (secondary N) is 1. The van der Waals surface area contributed by atoms with E-state index in [0.29, 0.717) is 12.1 Å². The van der Waals surface area contributed by atoms with Gasteiger partial charge >= 0.3 is 0 Å². The molecule has 0 saturated carbocycles. The maximum Gasteiger partial charge on any atom is 0.224 e. The van der Waals surface area contributed by atoms with Crippen LogP contribution in [0.2, 0.25) is 0 Å². The number of amides is 1. The van der Waals surface area contributed by atoms with Crippen molar-refractivity contribution in [3.8, 4) is 0 Å². The lowest BCUT2D eigenvalue weighted by molar-refractivity contribution is -0.116. The van der Waals surface area contributed by atoms with Gasteiger partial charge in [-0.15, -0.1) is 0 Å². The molecule has 0 fully saturated rings. The van der Waals surface area contributed by atoms with Crippen molar-refractivity contribution in [2.75, 3.05) is 11.6 Å². The van der Waals surface area contributed by atoms with Crippen LogP contribution < -0.4 is 5.32 Å². The maximum atomic E-state index is 11.9. The van der Waals surface area contributed by atoms with E-state index < -0.39 is 9.84 Å². The van der Waals surface area contributed by atoms with Crippen LogP contribution in [0.25, 0.3) is 0 Å². The topological polar surface area (TPSA) is 63.2 Å². The van der Waals surface area contributed by atoms with Gasteiger partial charge in [-0.1, -0.05) is 28.1 Å². The molecular weight excluding hydrogens is 390 g/mol. The van der Waals surface area contributed by atoms with E-state index in [9.17, 15) is 13.2 Å². The molecule has 1 N–H and O–H groups in total. The Kier molecular flexibility index (Phi) is 6.57. The first kappa shape index (κ1) is 18.7. The van der Waals surface area contributed by atoms with E-state index >= 15 is 0 Å². The van der Waals surface area contributed by atoms with Gasteiger partial charge in [0.15, 0.2) is 9.84 Å². The molecule has 4 nitrogen and oxygen atoms in total. The molecule has 1 amide bonds. The normalized spacial score (nSPS) is 11.2. The highest BCUT2D eigenvalue weighted by molar-refractivity contribution is 9.10. The Hall–Kier alpha value is -1.66. The molecule has 0 aromatic heterocycles. The first-order valence-electron chi connectivity index (χ1n) is 7.69. The van der Waals surface area contributed by atoms with Crippen LogP contribution >= 0.6 is 15.9 Å². The fourth-order valence-electron chi connectivity index (χ4n) is 2.27. The van der Waals surface area contributed by atoms with Gasteiger partial charge in [-0.2, -0.15) is 0 Å². The predicted molar refractivity (Wildman–Crippen MR) is 99.9 cm³/mol. The third kappa shape index (κ3) is 6.09. The first-order valence-corrected chi connectivity index (χ1v) is 10.4. The largest absolute Gasteiger partial charge is 0.326 e. The first-order chi connectivity index (χ1) is 11.3. The summed E-state index contributed by atoms with van der Waals surface area (Å²) < 4.78 is 23.8. The number of benzene rings is 2. The van der Waals surface area contributed by atoms with Crippen LogP contribution in [-0.2, 0) is 21.1 Å². The Labute approximate surface area is 151 Å². The van der Waals surface area contributed by atoms with Crippen LogP contribution in [-0.4, -0.2) is 20.6 Å². The Balaban J connectivity index is 1.74. The zero-order valence-electron chi connectivity index (χ0n) is 13.5. The summed E-state index contributed by atoms with van der Waals surface area (Å²) in [5, 5.41) is 2.79. The highest BCUT2D eigenvalue weighted by Gasteiger charge is 2.07. The summed E-state index contributed by atoms with van der Waals surface area (Å²) in [6.45, 7) is 0. The molecule has 2 aromatic carbocycles. The molecule has 0 radical (unpaired) electrons. The van der Waals surface area contributed by atoms with Gasteiger partial charge in [-0.3, -0.25) is 4.79 Å². The summed E-state index contributed by atoms with van der Waals surface area (Å²) in [5.41, 5.74) is 1.87. The summed E-state index contributed by atoms with van der Waals surface area (Å²) in [5.74, 6) is -0.0575. The highest BCUT2D eigenvalue weighted by atomic mass is 79.9. The molecule has 2 aromatic rings. The van der Waals surface area contributed by atoms with E-state index in [0.717, 1.165) is 30.0 Å². The SMILES string of the molecule is CS(=O)(=O)c1ccc(NC(=O)CCCCc2ccc(Br)cc2)cc1. The van der Waals surface area contributed by atoms with Gasteiger partial charge in [-0.05, 0) is 61.2 Å². The second-order valence-corrected chi connectivity index (χ2v) is 8.61. The number of hydrogen-bond acceptors (Lipinski definition) is 3. The lowest BCUT2D eigenvalue weighted by atomic mass is 10.1. The average molecular weight is 410 g/mol. The second-order valence-electron chi connectivity index (χ2n) is 5.68. The minimum absolute atomic E-state index is 0.0575. The van der Waals surface area contributed by atoms with E-state index in [1.807, 2.05) is 12.1 Å². The Morgan fingerprint density at radius 1 is 1.00 bits per heavy atom. The minimum Gasteiger partial charge on any atom is -0.326 e. The average Bonchev–Trinajstić information content (AvgIpc) is 2.53. The van der Waals surface area contributed by atoms with Gasteiger partial charge in [0.25, 0.3) is 0 Å². The number of aryl methyl sites for hydroxylation is 1. The molecule has 0 aliphatic heterocycles. The fourth-order valence-corrected chi connectivity index (χ4v) is 3.17. The van der Waals surface area contributed by atoms with Gasteiger partial charge in [0.05, 0.1) is 4.90 Å². The van der Waals surface area contributed by atoms with E-state index in [1.54, 1.807) is 12.1 Å². The lowest BCUT2D eigenvalue weighted by Gasteiger charge is -2.06. The lowest BCUT2D eigenvalue weighted by Crippen LogP contribution is -2.11. The predicted octanol–water partition coefficient (Wildman–Crippen LogP) is 4.20. The number of rotatable bonds is 7. The number of sulfone groups is 1. The molecule has 2 rings (SSSR count). The zero-order chi connectivity index (χ0) is 17.6. The van der Waals surface area contributed by atoms with Gasteiger partial charge in [0.1, 0.15) is 0 Å². The van der Waals surface area contributed by atoms with Crippen molar-refractivity contribution in [1.29, 1.82) is 0 Å². The molecule has 6 heteroatoms. The molecule has 0 unspecified atom stereocenters. The van der Waals surface area contributed by atoms with Crippen molar-refractivity contribution in [3.05, 3.63) is 58.6 Å². The summed E-state index contributed by atoms with van der Waals surface area (Å²) in [4.78, 5) is 12.2. The summed E-state index contributed by atoms with van der Waals surface area (Å²) in [6.07, 6.45) is 4.31. The monoisotopic (exact) mass is 409 g/mol. The number of carbonyl (C=O) groups is 1. The number of halogens is 1. The maximum absolute atomic E-state index is 11.9. The van der Waals surface area contributed by atoms with Crippen molar-refractivity contribution in [1.82, 2.24) is 0 Å². The van der Waals surface area contributed by atoms with Crippen LogP contribution in [0.5, 0.6) is 0 Å². The van der Waals surface area contributed by atoms with Crippen LogP contribution in [0.4, 0.5) is 5.69 Å². The Morgan fingerprint density at radius 3 is 2.21 bits per heavy atom. The van der Waals surface area contributed by atoms with E-state index in [-0.39, 0.29) is 10.8 Å². The molecule has 0 saturated heterocycles. The number of carbonyl (C=O) groups excluding carboxylic acids is 1. The Bertz CT molecular complexity index is 784. The Morgan fingerprint density at radius 2 is 1.62 bits per heavy atom. The van der Waals surface area contributed by atoms with E-state index in [1.165, 1.54) is 17.7 Å². The summed E-state index contributed by atoms with van der Waals surface area (Å²) in [7, 11) is -3.21. The van der Waals surface area contributed by atoms with Crippen LogP contribution in [0.1, 0.15) is 24.8 Å². The van der Waals surface area contributed by atoms with Crippen molar-refractivity contribution < 1.29 is 13.2 Å². The van der Waals surface area contributed by atoms with Gasteiger partial charge < -0.3 is 5.32 Å². The molecule has 0 aliphatic carbocycles. The molecular formula is C18H20BrNO3S. The third-order valence-electron chi connectivity index (χ3n) is 3.60. The van der Waals surface area contributed by atoms with Crippen LogP contribution in [0, 0.1) is 0 Å². The fraction of sp³-hybridized carbons (Fsp3) is 0.278. The smallest absolute Gasteiger partial charge is 0.224 e. The summed E-state index contributed by atoms with van der Waals surface area (Å²) in [6, 6.07) is 14.4. The quantitative estimate of drug-likeness (QED) is 0.696. The number of anilines is 1. The van der Waals surface area contributed by atoms with Crippen molar-refractivity contribution in [2.24, 2.45) is 0 Å². The zero-order valence-corrected chi connectivity index (χ0v) is 15.9. The summed E-state index contributed by atoms with van der Waals surface area (Å²) >= 11 is 3.41. The molecule has 0 bridgehead atoms. The van der Waals surface area contributed by atoms with E-state index in [2.05, 4.69) is 33.4 Å². The molecule has 0 spiro atoms. The van der Waals surface area contributed by atoms with Crippen molar-refractivity contribution in [3.63, 3.8) is 0 Å². The number of hydrogen-bond donors (Lipinski definition) is 1. The van der Waals surface area contributed by atoms with Gasteiger partial charge in [0.2, 0.25) is 5.91 Å². The van der Waals surface area contributed by atoms with Crippen LogP contribution in [0.3, 0.4) is 0 Å². The highest BCUT2D eigenvalue weighted by Crippen LogP contribution is 2.15. The molecule has 128 valence electrons. The van der Waals surface area contributed by atoms with Crippen molar-refractivity contribution in [2.45, 2.75) is 30.6 Å². The van der Waals surface area contributed by atoms with Gasteiger partial charge in [0, 0.05) is 22.8 Å². The molecule has 0 atom stereocenters. The molecule has 24 heavy (non-hydrogen) atoms. The number of unbranched alkanes of at least 4 members (excludes halogenated alkanes) is 1. The van der Waals surface area contributed by atoms with E-state index in [4.69, 9.17) is 0 Å². The van der Waals surface area contributed by atoms with Gasteiger partial charge in [-0.25, -0.2) is 8.42 Å². The standard InChI is InChI=1S/C18H20BrNO3S/c1-24(22,23)17-12-10-16(11-13-17)20-18(21)5-3-2-4-14-6-8-15(19)9-7-14/h6-13H,2-5H2,1H3,(H,20,21). The van der Waals surface area contributed by atoms with Crippen molar-refractivity contribution >= 4 is 37.4 Å². The molecule has 0 aliphatic rings. The molecule has 0 heterocycles. The third-order valence-corrected chi connectivity index (χ3v) is 5.26.